The van der Waals surface area contributed by atoms with E-state index >= 15 is 0 Å². The standard InChI is InChI=1S/C12H12O3/c1-3-8-15-12(14)11-6-4-10(5-7-11)9(2)13/h3-7H,1,8H2,2H3. The number of carbonyl (C=O) groups is 2. The summed E-state index contributed by atoms with van der Waals surface area (Å²) in [6, 6.07) is 6.35. The van der Waals surface area contributed by atoms with Crippen molar-refractivity contribution in [3.63, 3.8) is 0 Å². The van der Waals surface area contributed by atoms with Gasteiger partial charge in [-0.3, -0.25) is 4.79 Å². The van der Waals surface area contributed by atoms with Gasteiger partial charge in [0.1, 0.15) is 6.61 Å². The van der Waals surface area contributed by atoms with Gasteiger partial charge in [0.2, 0.25) is 0 Å². The van der Waals surface area contributed by atoms with Crippen LogP contribution in [0.15, 0.2) is 36.9 Å². The van der Waals surface area contributed by atoms with Crippen LogP contribution in [-0.4, -0.2) is 18.4 Å². The fraction of sp³-hybridized carbons (Fsp3) is 0.167. The molecule has 0 N–H and O–H groups in total. The number of ketones is 1. The van der Waals surface area contributed by atoms with Crippen molar-refractivity contribution in [2.75, 3.05) is 6.61 Å². The van der Waals surface area contributed by atoms with E-state index in [1.54, 1.807) is 24.3 Å². The van der Waals surface area contributed by atoms with Gasteiger partial charge in [-0.15, -0.1) is 0 Å². The molecule has 0 spiro atoms. The van der Waals surface area contributed by atoms with Crippen LogP contribution in [0.25, 0.3) is 0 Å². The van der Waals surface area contributed by atoms with Gasteiger partial charge in [-0.1, -0.05) is 24.8 Å². The van der Waals surface area contributed by atoms with Crippen LogP contribution in [0, 0.1) is 0 Å². The average Bonchev–Trinajstić information content (AvgIpc) is 2.26. The number of benzene rings is 1. The highest BCUT2D eigenvalue weighted by Crippen LogP contribution is 2.06. The van der Waals surface area contributed by atoms with Crippen molar-refractivity contribution >= 4 is 11.8 Å². The first-order valence-corrected chi connectivity index (χ1v) is 4.54. The first-order chi connectivity index (χ1) is 7.15. The molecule has 1 aromatic rings. The third-order valence-corrected chi connectivity index (χ3v) is 1.86. The highest BCUT2D eigenvalue weighted by atomic mass is 16.5. The predicted molar refractivity (Wildman–Crippen MR) is 56.9 cm³/mol. The van der Waals surface area contributed by atoms with E-state index in [2.05, 4.69) is 6.58 Å². The minimum absolute atomic E-state index is 0.0268. The lowest BCUT2D eigenvalue weighted by atomic mass is 10.1. The molecule has 3 heteroatoms. The minimum atomic E-state index is -0.412. The molecule has 0 unspecified atom stereocenters. The molecule has 78 valence electrons. The highest BCUT2D eigenvalue weighted by Gasteiger charge is 2.06. The van der Waals surface area contributed by atoms with Crippen molar-refractivity contribution in [3.05, 3.63) is 48.0 Å². The first-order valence-electron chi connectivity index (χ1n) is 4.54. The zero-order valence-electron chi connectivity index (χ0n) is 8.53. The fourth-order valence-electron chi connectivity index (χ4n) is 1.06. The van der Waals surface area contributed by atoms with Crippen molar-refractivity contribution in [1.29, 1.82) is 0 Å². The van der Waals surface area contributed by atoms with E-state index in [-0.39, 0.29) is 12.4 Å². The molecule has 3 nitrogen and oxygen atoms in total. The highest BCUT2D eigenvalue weighted by molar-refractivity contribution is 5.96. The second kappa shape index (κ2) is 5.10. The lowest BCUT2D eigenvalue weighted by Crippen LogP contribution is -2.05. The summed E-state index contributed by atoms with van der Waals surface area (Å²) in [5, 5.41) is 0. The lowest BCUT2D eigenvalue weighted by molar-refractivity contribution is 0.0549. The Hall–Kier alpha value is -1.90. The molecular formula is C12H12O3. The molecule has 1 aromatic carbocycles. The summed E-state index contributed by atoms with van der Waals surface area (Å²) in [4.78, 5) is 22.3. The number of hydrogen-bond donors (Lipinski definition) is 0. The molecule has 0 atom stereocenters. The molecule has 0 aliphatic carbocycles. The van der Waals surface area contributed by atoms with Gasteiger partial charge < -0.3 is 4.74 Å². The van der Waals surface area contributed by atoms with Crippen molar-refractivity contribution in [2.24, 2.45) is 0 Å². The van der Waals surface area contributed by atoms with E-state index in [9.17, 15) is 9.59 Å². The minimum Gasteiger partial charge on any atom is -0.458 e. The van der Waals surface area contributed by atoms with Crippen molar-refractivity contribution in [3.8, 4) is 0 Å². The van der Waals surface area contributed by atoms with E-state index in [1.807, 2.05) is 0 Å². The molecule has 0 radical (unpaired) electrons. The molecule has 0 aliphatic heterocycles. The largest absolute Gasteiger partial charge is 0.458 e. The zero-order chi connectivity index (χ0) is 11.3. The van der Waals surface area contributed by atoms with E-state index in [0.29, 0.717) is 11.1 Å². The van der Waals surface area contributed by atoms with Crippen LogP contribution >= 0.6 is 0 Å². The van der Waals surface area contributed by atoms with Crippen LogP contribution in [0.4, 0.5) is 0 Å². The first kappa shape index (κ1) is 11.2. The second-order valence-corrected chi connectivity index (χ2v) is 3.02. The number of esters is 1. The maximum atomic E-state index is 11.3. The molecule has 0 aromatic heterocycles. The molecular weight excluding hydrogens is 192 g/mol. The van der Waals surface area contributed by atoms with Crippen molar-refractivity contribution < 1.29 is 14.3 Å². The number of rotatable bonds is 4. The van der Waals surface area contributed by atoms with E-state index in [4.69, 9.17) is 4.74 Å². The lowest BCUT2D eigenvalue weighted by Gasteiger charge is -2.02. The van der Waals surface area contributed by atoms with Crippen LogP contribution in [-0.2, 0) is 4.74 Å². The number of ether oxygens (including phenoxy) is 1. The van der Waals surface area contributed by atoms with Gasteiger partial charge in [0, 0.05) is 5.56 Å². The average molecular weight is 204 g/mol. The van der Waals surface area contributed by atoms with Crippen LogP contribution in [0.1, 0.15) is 27.6 Å². The van der Waals surface area contributed by atoms with Crippen LogP contribution < -0.4 is 0 Å². The molecule has 0 saturated heterocycles. The van der Waals surface area contributed by atoms with Gasteiger partial charge in [-0.05, 0) is 19.1 Å². The van der Waals surface area contributed by atoms with Gasteiger partial charge in [0.15, 0.2) is 5.78 Å². The normalized spacial score (nSPS) is 9.40. The Morgan fingerprint density at radius 1 is 1.27 bits per heavy atom. The Morgan fingerprint density at radius 3 is 2.27 bits per heavy atom. The summed E-state index contributed by atoms with van der Waals surface area (Å²) in [6.07, 6.45) is 1.50. The van der Waals surface area contributed by atoms with Gasteiger partial charge in [0.05, 0.1) is 5.56 Å². The maximum absolute atomic E-state index is 11.3. The third kappa shape index (κ3) is 3.06. The summed E-state index contributed by atoms with van der Waals surface area (Å²) in [6.45, 7) is 5.11. The van der Waals surface area contributed by atoms with Crippen LogP contribution in [0.2, 0.25) is 0 Å². The Bertz CT molecular complexity index is 376. The topological polar surface area (TPSA) is 43.4 Å². The summed E-state index contributed by atoms with van der Waals surface area (Å²) in [5.74, 6) is -0.439. The van der Waals surface area contributed by atoms with Gasteiger partial charge in [-0.25, -0.2) is 4.79 Å². The molecule has 0 bridgehead atoms. The van der Waals surface area contributed by atoms with E-state index in [0.717, 1.165) is 0 Å². The summed E-state index contributed by atoms with van der Waals surface area (Å²) in [7, 11) is 0. The SMILES string of the molecule is C=CCOC(=O)c1ccc(C(C)=O)cc1. The monoisotopic (exact) mass is 204 g/mol. The Kier molecular flexibility index (Phi) is 3.80. The Labute approximate surface area is 88.4 Å². The van der Waals surface area contributed by atoms with Gasteiger partial charge in [0.25, 0.3) is 0 Å². The summed E-state index contributed by atoms with van der Waals surface area (Å²) < 4.78 is 4.84. The summed E-state index contributed by atoms with van der Waals surface area (Å²) >= 11 is 0. The maximum Gasteiger partial charge on any atom is 0.338 e. The fourth-order valence-corrected chi connectivity index (χ4v) is 1.06. The smallest absolute Gasteiger partial charge is 0.338 e. The summed E-state index contributed by atoms with van der Waals surface area (Å²) in [5.41, 5.74) is 1.01. The second-order valence-electron chi connectivity index (χ2n) is 3.02. The zero-order valence-corrected chi connectivity index (χ0v) is 8.53. The predicted octanol–water partition coefficient (Wildman–Crippen LogP) is 2.23. The molecule has 0 heterocycles. The van der Waals surface area contributed by atoms with E-state index < -0.39 is 5.97 Å². The molecule has 0 amide bonds. The quantitative estimate of drug-likeness (QED) is 0.429. The third-order valence-electron chi connectivity index (χ3n) is 1.86. The van der Waals surface area contributed by atoms with Gasteiger partial charge >= 0.3 is 5.97 Å². The van der Waals surface area contributed by atoms with E-state index in [1.165, 1.54) is 13.0 Å². The number of hydrogen-bond acceptors (Lipinski definition) is 3. The molecule has 0 fully saturated rings. The Balaban J connectivity index is 2.75. The number of Topliss-reactive ketones (excluding diaryl/α,β-unsaturated/α-hetero) is 1. The van der Waals surface area contributed by atoms with Crippen molar-refractivity contribution in [2.45, 2.75) is 6.92 Å². The Morgan fingerprint density at radius 2 is 1.80 bits per heavy atom. The van der Waals surface area contributed by atoms with Crippen LogP contribution in [0.3, 0.4) is 0 Å². The molecule has 0 saturated carbocycles. The van der Waals surface area contributed by atoms with Crippen molar-refractivity contribution in [1.82, 2.24) is 0 Å². The van der Waals surface area contributed by atoms with Crippen LogP contribution in [0.5, 0.6) is 0 Å². The molecule has 15 heavy (non-hydrogen) atoms. The molecule has 0 aliphatic rings. The number of carbonyl (C=O) groups excluding carboxylic acids is 2. The van der Waals surface area contributed by atoms with Gasteiger partial charge in [-0.2, -0.15) is 0 Å². The molecule has 1 rings (SSSR count).